The van der Waals surface area contributed by atoms with E-state index in [2.05, 4.69) is 10.3 Å². The molecule has 0 aliphatic carbocycles. The lowest BCUT2D eigenvalue weighted by Crippen LogP contribution is -2.15. The fraction of sp³-hybridized carbons (Fsp3) is 0.375. The molecule has 0 bridgehead atoms. The van der Waals surface area contributed by atoms with Crippen molar-refractivity contribution >= 4 is 5.82 Å². The second-order valence-corrected chi connectivity index (χ2v) is 2.68. The molecule has 2 N–H and O–H groups in total. The van der Waals surface area contributed by atoms with Gasteiger partial charge in [-0.25, -0.2) is 0 Å². The van der Waals surface area contributed by atoms with Crippen LogP contribution < -0.4 is 10.9 Å². The van der Waals surface area contributed by atoms with Crippen LogP contribution in [0.3, 0.4) is 0 Å². The number of anilines is 1. The average molecular weight is 206 g/mol. The number of rotatable bonds is 2. The number of alkyl halides is 3. The van der Waals surface area contributed by atoms with Crippen LogP contribution >= 0.6 is 0 Å². The minimum absolute atomic E-state index is 0.0762. The first-order valence-electron chi connectivity index (χ1n) is 3.99. The summed E-state index contributed by atoms with van der Waals surface area (Å²) in [5.74, 6) is 0.0762. The summed E-state index contributed by atoms with van der Waals surface area (Å²) in [6.07, 6.45) is -4.49. The van der Waals surface area contributed by atoms with E-state index in [9.17, 15) is 18.0 Å². The van der Waals surface area contributed by atoms with Gasteiger partial charge in [0, 0.05) is 12.6 Å². The molecule has 0 amide bonds. The smallest absolute Gasteiger partial charge is 0.372 e. The number of halogens is 3. The molecule has 0 spiro atoms. The summed E-state index contributed by atoms with van der Waals surface area (Å²) in [4.78, 5) is 13.1. The van der Waals surface area contributed by atoms with Gasteiger partial charge in [-0.2, -0.15) is 13.2 Å². The Morgan fingerprint density at radius 3 is 2.57 bits per heavy atom. The number of H-pyrrole nitrogens is 1. The van der Waals surface area contributed by atoms with Gasteiger partial charge in [-0.3, -0.25) is 4.79 Å². The molecule has 1 heterocycles. The highest BCUT2D eigenvalue weighted by atomic mass is 19.4. The molecule has 0 saturated carbocycles. The molecule has 78 valence electrons. The van der Waals surface area contributed by atoms with Crippen molar-refractivity contribution in [3.05, 3.63) is 28.0 Å². The highest BCUT2D eigenvalue weighted by molar-refractivity contribution is 5.38. The molecule has 1 aromatic rings. The van der Waals surface area contributed by atoms with Crippen LogP contribution in [0.2, 0.25) is 0 Å². The Hall–Kier alpha value is -1.46. The van der Waals surface area contributed by atoms with E-state index in [0.717, 1.165) is 6.07 Å². The molecule has 3 nitrogen and oxygen atoms in total. The number of aromatic nitrogens is 1. The predicted octanol–water partition coefficient (Wildman–Crippen LogP) is 1.83. The van der Waals surface area contributed by atoms with Gasteiger partial charge in [0.25, 0.3) is 0 Å². The van der Waals surface area contributed by atoms with Gasteiger partial charge in [-0.1, -0.05) is 0 Å². The summed E-state index contributed by atoms with van der Waals surface area (Å²) in [6.45, 7) is 2.16. The quantitative estimate of drug-likeness (QED) is 0.775. The molecule has 6 heteroatoms. The minimum Gasteiger partial charge on any atom is -0.372 e. The molecule has 1 rings (SSSR count). The van der Waals surface area contributed by atoms with Crippen LogP contribution in [-0.4, -0.2) is 11.5 Å². The lowest BCUT2D eigenvalue weighted by Gasteiger charge is -2.08. The number of hydrogen-bond acceptors (Lipinski definition) is 2. The molecular weight excluding hydrogens is 197 g/mol. The summed E-state index contributed by atoms with van der Waals surface area (Å²) in [5, 5.41) is 2.61. The fourth-order valence-corrected chi connectivity index (χ4v) is 0.993. The fourth-order valence-electron chi connectivity index (χ4n) is 0.993. The Bertz CT molecular complexity index is 370. The van der Waals surface area contributed by atoms with Gasteiger partial charge in [0.15, 0.2) is 0 Å². The molecule has 0 saturated heterocycles. The van der Waals surface area contributed by atoms with Gasteiger partial charge >= 0.3 is 6.18 Å². The van der Waals surface area contributed by atoms with Crippen LogP contribution in [0.5, 0.6) is 0 Å². The molecule has 1 aromatic heterocycles. The lowest BCUT2D eigenvalue weighted by atomic mass is 10.2. The Balaban J connectivity index is 3.14. The maximum Gasteiger partial charge on any atom is 0.416 e. The average Bonchev–Trinajstić information content (AvgIpc) is 2.02. The third-order valence-corrected chi connectivity index (χ3v) is 1.54. The third kappa shape index (κ3) is 2.51. The largest absolute Gasteiger partial charge is 0.416 e. The van der Waals surface area contributed by atoms with Crippen LogP contribution in [-0.2, 0) is 6.18 Å². The lowest BCUT2D eigenvalue weighted by molar-refractivity contribution is -0.137. The predicted molar refractivity (Wildman–Crippen MR) is 46.2 cm³/mol. The standard InChI is InChI=1S/C8H9F3N2O/c1-2-12-6-3-5(8(9,10)11)4-7(14)13-6/h3-4H,2H2,1H3,(H2,12,13,14). The molecule has 0 atom stereocenters. The second kappa shape index (κ2) is 3.73. The van der Waals surface area contributed by atoms with E-state index in [4.69, 9.17) is 0 Å². The zero-order valence-electron chi connectivity index (χ0n) is 7.40. The van der Waals surface area contributed by atoms with E-state index in [-0.39, 0.29) is 5.82 Å². The van der Waals surface area contributed by atoms with Crippen LogP contribution in [0.25, 0.3) is 0 Å². The van der Waals surface area contributed by atoms with E-state index < -0.39 is 17.3 Å². The van der Waals surface area contributed by atoms with E-state index in [1.54, 1.807) is 6.92 Å². The van der Waals surface area contributed by atoms with Crippen molar-refractivity contribution in [3.8, 4) is 0 Å². The van der Waals surface area contributed by atoms with Crippen molar-refractivity contribution in [2.45, 2.75) is 13.1 Å². The molecule has 0 aliphatic rings. The topological polar surface area (TPSA) is 44.9 Å². The Morgan fingerprint density at radius 1 is 1.43 bits per heavy atom. The molecule has 0 radical (unpaired) electrons. The Kier molecular flexibility index (Phi) is 2.83. The monoisotopic (exact) mass is 206 g/mol. The van der Waals surface area contributed by atoms with Gasteiger partial charge < -0.3 is 10.3 Å². The maximum atomic E-state index is 12.2. The van der Waals surface area contributed by atoms with Gasteiger partial charge in [0.05, 0.1) is 5.56 Å². The van der Waals surface area contributed by atoms with Crippen molar-refractivity contribution in [3.63, 3.8) is 0 Å². The van der Waals surface area contributed by atoms with Crippen molar-refractivity contribution in [2.75, 3.05) is 11.9 Å². The van der Waals surface area contributed by atoms with Crippen LogP contribution in [0.1, 0.15) is 12.5 Å². The van der Waals surface area contributed by atoms with Gasteiger partial charge in [-0.15, -0.1) is 0 Å². The van der Waals surface area contributed by atoms with E-state index in [1.165, 1.54) is 0 Å². The highest BCUT2D eigenvalue weighted by Gasteiger charge is 2.31. The summed E-state index contributed by atoms with van der Waals surface area (Å²) in [6, 6.07) is 1.39. The maximum absolute atomic E-state index is 12.2. The van der Waals surface area contributed by atoms with Crippen molar-refractivity contribution in [2.24, 2.45) is 0 Å². The van der Waals surface area contributed by atoms with Crippen molar-refractivity contribution in [1.82, 2.24) is 4.98 Å². The molecule has 0 aliphatic heterocycles. The van der Waals surface area contributed by atoms with Crippen molar-refractivity contribution in [1.29, 1.82) is 0 Å². The first-order valence-corrected chi connectivity index (χ1v) is 3.99. The van der Waals surface area contributed by atoms with Crippen molar-refractivity contribution < 1.29 is 13.2 Å². The minimum atomic E-state index is -4.49. The molecule has 0 fully saturated rings. The summed E-state index contributed by atoms with van der Waals surface area (Å²) in [7, 11) is 0. The first-order chi connectivity index (χ1) is 6.43. The van der Waals surface area contributed by atoms with Gasteiger partial charge in [-0.05, 0) is 13.0 Å². The normalized spacial score (nSPS) is 11.4. The van der Waals surface area contributed by atoms with Gasteiger partial charge in [0.1, 0.15) is 5.82 Å². The Labute approximate surface area is 78.0 Å². The zero-order chi connectivity index (χ0) is 10.8. The van der Waals surface area contributed by atoms with Crippen LogP contribution in [0.4, 0.5) is 19.0 Å². The summed E-state index contributed by atoms with van der Waals surface area (Å²) < 4.78 is 36.6. The molecular formula is C8H9F3N2O. The van der Waals surface area contributed by atoms with Crippen LogP contribution in [0, 0.1) is 0 Å². The number of pyridine rings is 1. The zero-order valence-corrected chi connectivity index (χ0v) is 7.40. The molecule has 0 aromatic carbocycles. The van der Waals surface area contributed by atoms with E-state index >= 15 is 0 Å². The molecule has 0 unspecified atom stereocenters. The second-order valence-electron chi connectivity index (χ2n) is 2.68. The highest BCUT2D eigenvalue weighted by Crippen LogP contribution is 2.28. The number of nitrogens with one attached hydrogen (secondary N) is 2. The summed E-state index contributed by atoms with van der Waals surface area (Å²) >= 11 is 0. The number of aromatic amines is 1. The first kappa shape index (κ1) is 10.6. The van der Waals surface area contributed by atoms with Crippen LogP contribution in [0.15, 0.2) is 16.9 Å². The summed E-state index contributed by atoms with van der Waals surface area (Å²) in [5.41, 5.74) is -1.71. The Morgan fingerprint density at radius 2 is 2.07 bits per heavy atom. The molecule has 14 heavy (non-hydrogen) atoms. The van der Waals surface area contributed by atoms with Gasteiger partial charge in [0.2, 0.25) is 5.56 Å². The van der Waals surface area contributed by atoms with E-state index in [0.29, 0.717) is 12.6 Å². The SMILES string of the molecule is CCNc1cc(C(F)(F)F)cc(=O)[nH]1. The number of hydrogen-bond donors (Lipinski definition) is 2. The third-order valence-electron chi connectivity index (χ3n) is 1.54. The van der Waals surface area contributed by atoms with E-state index in [1.807, 2.05) is 0 Å².